The molecule has 1 aliphatic rings. The van der Waals surface area contributed by atoms with Crippen LogP contribution in [-0.2, 0) is 0 Å². The average Bonchev–Trinajstić information content (AvgIpc) is 2.30. The molecule has 2 heteroatoms. The van der Waals surface area contributed by atoms with Gasteiger partial charge in [-0.1, -0.05) is 25.3 Å². The Hall–Kier alpha value is -1.36. The molecule has 0 unspecified atom stereocenters. The van der Waals surface area contributed by atoms with Crippen molar-refractivity contribution in [2.45, 2.75) is 38.0 Å². The molecule has 0 radical (unpaired) electrons. The van der Waals surface area contributed by atoms with Crippen LogP contribution in [0.3, 0.4) is 0 Å². The summed E-state index contributed by atoms with van der Waals surface area (Å²) in [7, 11) is 0. The van der Waals surface area contributed by atoms with Gasteiger partial charge in [0.1, 0.15) is 11.8 Å². The molecule has 1 saturated carbocycles. The quantitative estimate of drug-likeness (QED) is 0.676. The Labute approximate surface area is 84.6 Å². The lowest BCUT2D eigenvalue weighted by Crippen LogP contribution is -2.04. The van der Waals surface area contributed by atoms with Crippen molar-refractivity contribution in [2.75, 3.05) is 0 Å². The van der Waals surface area contributed by atoms with Crippen LogP contribution in [0.1, 0.15) is 49.3 Å². The smallest absolute Gasteiger partial charge is 0.140 e. The van der Waals surface area contributed by atoms with E-state index in [1.54, 1.807) is 0 Å². The van der Waals surface area contributed by atoms with Gasteiger partial charge in [0.05, 0.1) is 0 Å². The summed E-state index contributed by atoms with van der Waals surface area (Å²) in [5.74, 6) is 0.684. The minimum atomic E-state index is 0.518. The van der Waals surface area contributed by atoms with E-state index in [1.165, 1.54) is 37.7 Å². The third-order valence-corrected chi connectivity index (χ3v) is 2.98. The zero-order valence-electron chi connectivity index (χ0n) is 8.24. The van der Waals surface area contributed by atoms with Gasteiger partial charge >= 0.3 is 0 Å². The zero-order valence-corrected chi connectivity index (χ0v) is 8.24. The third kappa shape index (κ3) is 1.93. The van der Waals surface area contributed by atoms with E-state index in [-0.39, 0.29) is 0 Å². The summed E-state index contributed by atoms with van der Waals surface area (Å²) in [4.78, 5) is 4.11. The predicted octanol–water partition coefficient (Wildman–Crippen LogP) is 3.00. The van der Waals surface area contributed by atoms with Gasteiger partial charge in [-0.3, -0.25) is 0 Å². The monoisotopic (exact) mass is 186 g/mol. The lowest BCUT2D eigenvalue weighted by atomic mass is 9.85. The molecule has 1 fully saturated rings. The van der Waals surface area contributed by atoms with Crippen molar-refractivity contribution in [3.8, 4) is 6.07 Å². The van der Waals surface area contributed by atoms with Gasteiger partial charge in [-0.2, -0.15) is 5.26 Å². The molecule has 0 spiro atoms. The Morgan fingerprint density at radius 3 is 2.57 bits per heavy atom. The summed E-state index contributed by atoms with van der Waals surface area (Å²) in [6, 6.07) is 5.93. The molecule has 72 valence electrons. The Kier molecular flexibility index (Phi) is 2.78. The van der Waals surface area contributed by atoms with E-state index in [9.17, 15) is 0 Å². The number of nitriles is 1. The summed E-state index contributed by atoms with van der Waals surface area (Å²) in [5, 5.41) is 8.63. The number of nitrogens with zero attached hydrogens (tertiary/aromatic N) is 2. The van der Waals surface area contributed by atoms with Crippen LogP contribution in [0.15, 0.2) is 18.3 Å². The minimum absolute atomic E-state index is 0.518. The fraction of sp³-hybridized carbons (Fsp3) is 0.500. The first-order valence-electron chi connectivity index (χ1n) is 5.26. The van der Waals surface area contributed by atoms with Crippen molar-refractivity contribution >= 4 is 0 Å². The van der Waals surface area contributed by atoms with E-state index in [1.807, 2.05) is 18.3 Å². The standard InChI is InChI=1S/C12H14N2/c13-8-12-7-6-11(9-14-12)10-4-2-1-3-5-10/h6-7,9-10H,1-5H2. The average molecular weight is 186 g/mol. The van der Waals surface area contributed by atoms with Crippen LogP contribution in [0, 0.1) is 11.3 Å². The summed E-state index contributed by atoms with van der Waals surface area (Å²) >= 11 is 0. The second-order valence-electron chi connectivity index (χ2n) is 3.92. The van der Waals surface area contributed by atoms with Gasteiger partial charge in [-0.25, -0.2) is 4.98 Å². The lowest BCUT2D eigenvalue weighted by Gasteiger charge is -2.21. The molecule has 0 N–H and O–H groups in total. The highest BCUT2D eigenvalue weighted by molar-refractivity contribution is 5.25. The molecular weight excluding hydrogens is 172 g/mol. The maximum Gasteiger partial charge on any atom is 0.140 e. The van der Waals surface area contributed by atoms with Crippen molar-refractivity contribution in [3.05, 3.63) is 29.6 Å². The van der Waals surface area contributed by atoms with Crippen LogP contribution in [0.2, 0.25) is 0 Å². The molecule has 1 aromatic rings. The summed E-state index contributed by atoms with van der Waals surface area (Å²) in [6.07, 6.45) is 8.49. The second kappa shape index (κ2) is 4.23. The van der Waals surface area contributed by atoms with Crippen LogP contribution in [-0.4, -0.2) is 4.98 Å². The van der Waals surface area contributed by atoms with Crippen molar-refractivity contribution in [3.63, 3.8) is 0 Å². The van der Waals surface area contributed by atoms with Crippen molar-refractivity contribution < 1.29 is 0 Å². The molecule has 0 atom stereocenters. The van der Waals surface area contributed by atoms with Crippen LogP contribution in [0.5, 0.6) is 0 Å². The lowest BCUT2D eigenvalue weighted by molar-refractivity contribution is 0.443. The molecule has 1 heterocycles. The Bertz CT molecular complexity index is 328. The van der Waals surface area contributed by atoms with Gasteiger partial charge in [0.15, 0.2) is 0 Å². The maximum atomic E-state index is 8.63. The normalized spacial score (nSPS) is 17.6. The van der Waals surface area contributed by atoms with Gasteiger partial charge < -0.3 is 0 Å². The van der Waals surface area contributed by atoms with Crippen LogP contribution >= 0.6 is 0 Å². The molecule has 2 nitrogen and oxygen atoms in total. The third-order valence-electron chi connectivity index (χ3n) is 2.98. The van der Waals surface area contributed by atoms with Crippen molar-refractivity contribution in [1.29, 1.82) is 5.26 Å². The van der Waals surface area contributed by atoms with E-state index in [4.69, 9.17) is 5.26 Å². The van der Waals surface area contributed by atoms with E-state index in [0.717, 1.165) is 0 Å². The van der Waals surface area contributed by atoms with E-state index >= 15 is 0 Å². The Morgan fingerprint density at radius 1 is 1.21 bits per heavy atom. The first-order chi connectivity index (χ1) is 6.90. The van der Waals surface area contributed by atoms with Gasteiger partial charge in [0, 0.05) is 6.20 Å². The summed E-state index contributed by atoms with van der Waals surface area (Å²) in [6.45, 7) is 0. The molecule has 14 heavy (non-hydrogen) atoms. The predicted molar refractivity (Wildman–Crippen MR) is 54.8 cm³/mol. The highest BCUT2D eigenvalue weighted by atomic mass is 14.7. The van der Waals surface area contributed by atoms with Crippen molar-refractivity contribution in [2.24, 2.45) is 0 Å². The number of aromatic nitrogens is 1. The number of hydrogen-bond donors (Lipinski definition) is 0. The van der Waals surface area contributed by atoms with E-state index in [0.29, 0.717) is 11.6 Å². The Balaban J connectivity index is 2.12. The summed E-state index contributed by atoms with van der Waals surface area (Å²) < 4.78 is 0. The number of pyridine rings is 1. The molecular formula is C12H14N2. The van der Waals surface area contributed by atoms with Gasteiger partial charge in [-0.15, -0.1) is 0 Å². The molecule has 0 saturated heterocycles. The molecule has 2 rings (SSSR count). The summed E-state index contributed by atoms with van der Waals surface area (Å²) in [5.41, 5.74) is 1.83. The zero-order chi connectivity index (χ0) is 9.80. The first kappa shape index (κ1) is 9.21. The van der Waals surface area contributed by atoms with Crippen LogP contribution < -0.4 is 0 Å². The van der Waals surface area contributed by atoms with Gasteiger partial charge in [0.25, 0.3) is 0 Å². The highest BCUT2D eigenvalue weighted by Crippen LogP contribution is 2.31. The number of hydrogen-bond acceptors (Lipinski definition) is 2. The first-order valence-corrected chi connectivity index (χ1v) is 5.26. The molecule has 1 aliphatic carbocycles. The van der Waals surface area contributed by atoms with Gasteiger partial charge in [0.2, 0.25) is 0 Å². The van der Waals surface area contributed by atoms with E-state index < -0.39 is 0 Å². The maximum absolute atomic E-state index is 8.63. The second-order valence-corrected chi connectivity index (χ2v) is 3.92. The Morgan fingerprint density at radius 2 is 2.00 bits per heavy atom. The minimum Gasteiger partial charge on any atom is -0.245 e. The molecule has 0 amide bonds. The fourth-order valence-electron chi connectivity index (χ4n) is 2.15. The van der Waals surface area contributed by atoms with Gasteiger partial charge in [-0.05, 0) is 30.4 Å². The molecule has 0 aromatic carbocycles. The molecule has 0 bridgehead atoms. The number of rotatable bonds is 1. The topological polar surface area (TPSA) is 36.7 Å². The fourth-order valence-corrected chi connectivity index (χ4v) is 2.15. The SMILES string of the molecule is N#Cc1ccc(C2CCCCC2)cn1. The molecule has 0 aliphatic heterocycles. The highest BCUT2D eigenvalue weighted by Gasteiger charge is 2.15. The van der Waals surface area contributed by atoms with Crippen molar-refractivity contribution in [1.82, 2.24) is 4.98 Å². The largest absolute Gasteiger partial charge is 0.245 e. The van der Waals surface area contributed by atoms with E-state index in [2.05, 4.69) is 11.1 Å². The molecule has 1 aromatic heterocycles. The van der Waals surface area contributed by atoms with Crippen LogP contribution in [0.25, 0.3) is 0 Å². The van der Waals surface area contributed by atoms with Crippen LogP contribution in [0.4, 0.5) is 0 Å².